The molecule has 2 rings (SSSR count). The Bertz CT molecular complexity index is 595. The second kappa shape index (κ2) is 5.34. The number of nitrogens with two attached hydrogens (primary N) is 1. The molecular formula is C11H14N6O2. The maximum atomic E-state index is 10.7. The highest BCUT2D eigenvalue weighted by Gasteiger charge is 2.08. The summed E-state index contributed by atoms with van der Waals surface area (Å²) in [6.45, 7) is 0.574. The van der Waals surface area contributed by atoms with Crippen molar-refractivity contribution >= 4 is 17.1 Å². The smallest absolute Gasteiger partial charge is 0.273 e. The highest BCUT2D eigenvalue weighted by molar-refractivity contribution is 5.61. The van der Waals surface area contributed by atoms with Gasteiger partial charge in [0.1, 0.15) is 6.33 Å². The van der Waals surface area contributed by atoms with Crippen LogP contribution in [0.25, 0.3) is 0 Å². The lowest BCUT2D eigenvalue weighted by atomic mass is 10.2. The zero-order valence-corrected chi connectivity index (χ0v) is 10.4. The van der Waals surface area contributed by atoms with Gasteiger partial charge >= 0.3 is 0 Å². The molecule has 1 heterocycles. The first-order chi connectivity index (χ1) is 9.04. The largest absolute Gasteiger partial charge is 0.398 e. The number of nitrogens with zero attached hydrogens (tertiary/aromatic N) is 4. The molecule has 1 aromatic heterocycles. The Morgan fingerprint density at radius 2 is 2.26 bits per heavy atom. The molecule has 0 amide bonds. The Morgan fingerprint density at radius 3 is 2.89 bits per heavy atom. The molecule has 0 unspecified atom stereocenters. The van der Waals surface area contributed by atoms with E-state index >= 15 is 0 Å². The lowest BCUT2D eigenvalue weighted by Crippen LogP contribution is -2.07. The van der Waals surface area contributed by atoms with E-state index in [9.17, 15) is 10.1 Å². The van der Waals surface area contributed by atoms with E-state index in [4.69, 9.17) is 5.73 Å². The van der Waals surface area contributed by atoms with Crippen molar-refractivity contribution < 1.29 is 4.92 Å². The van der Waals surface area contributed by atoms with Crippen LogP contribution in [0.4, 0.5) is 17.1 Å². The van der Waals surface area contributed by atoms with Gasteiger partial charge in [-0.15, -0.1) is 0 Å². The number of nitrogen functional groups attached to an aromatic ring is 1. The number of nitrogens with one attached hydrogen (secondary N) is 1. The Labute approximate surface area is 109 Å². The number of nitro groups is 1. The van der Waals surface area contributed by atoms with Gasteiger partial charge in [0.25, 0.3) is 5.69 Å². The van der Waals surface area contributed by atoms with Crippen molar-refractivity contribution in [3.8, 4) is 0 Å². The molecule has 8 heteroatoms. The van der Waals surface area contributed by atoms with Crippen LogP contribution in [0.2, 0.25) is 0 Å². The highest BCUT2D eigenvalue weighted by atomic mass is 16.6. The van der Waals surface area contributed by atoms with E-state index in [-0.39, 0.29) is 5.69 Å². The summed E-state index contributed by atoms with van der Waals surface area (Å²) >= 11 is 0. The quantitative estimate of drug-likeness (QED) is 0.471. The van der Waals surface area contributed by atoms with Crippen molar-refractivity contribution in [3.63, 3.8) is 0 Å². The predicted molar refractivity (Wildman–Crippen MR) is 70.7 cm³/mol. The molecule has 0 saturated heterocycles. The minimum absolute atomic E-state index is 0.0292. The first-order valence-electron chi connectivity index (χ1n) is 5.68. The summed E-state index contributed by atoms with van der Waals surface area (Å²) in [5, 5.41) is 17.9. The van der Waals surface area contributed by atoms with E-state index in [1.165, 1.54) is 12.1 Å². The van der Waals surface area contributed by atoms with Crippen LogP contribution >= 0.6 is 0 Å². The van der Waals surface area contributed by atoms with Gasteiger partial charge in [-0.2, -0.15) is 5.10 Å². The second-order valence-corrected chi connectivity index (χ2v) is 4.08. The van der Waals surface area contributed by atoms with Crippen molar-refractivity contribution in [3.05, 3.63) is 40.5 Å². The first kappa shape index (κ1) is 12.8. The monoisotopic (exact) mass is 262 g/mol. The molecule has 19 heavy (non-hydrogen) atoms. The maximum Gasteiger partial charge on any atom is 0.273 e. The van der Waals surface area contributed by atoms with Gasteiger partial charge in [-0.05, 0) is 6.07 Å². The number of hydrogen-bond donors (Lipinski definition) is 2. The zero-order chi connectivity index (χ0) is 13.8. The van der Waals surface area contributed by atoms with Crippen LogP contribution < -0.4 is 11.1 Å². The number of nitro benzene ring substituents is 1. The summed E-state index contributed by atoms with van der Waals surface area (Å²) in [6.07, 6.45) is 2.25. The second-order valence-electron chi connectivity index (χ2n) is 4.08. The van der Waals surface area contributed by atoms with E-state index in [1.54, 1.807) is 24.1 Å². The molecule has 0 aliphatic rings. The number of benzene rings is 1. The molecule has 0 fully saturated rings. The van der Waals surface area contributed by atoms with Crippen LogP contribution in [0.5, 0.6) is 0 Å². The van der Waals surface area contributed by atoms with E-state index in [2.05, 4.69) is 15.4 Å². The van der Waals surface area contributed by atoms with Gasteiger partial charge in [0.05, 0.1) is 4.92 Å². The molecule has 100 valence electrons. The van der Waals surface area contributed by atoms with E-state index in [0.29, 0.717) is 30.2 Å². The van der Waals surface area contributed by atoms with Gasteiger partial charge in [0.2, 0.25) is 0 Å². The van der Waals surface area contributed by atoms with E-state index in [1.807, 2.05) is 0 Å². The molecule has 0 aliphatic carbocycles. The van der Waals surface area contributed by atoms with Gasteiger partial charge < -0.3 is 11.1 Å². The summed E-state index contributed by atoms with van der Waals surface area (Å²) in [7, 11) is 1.80. The van der Waals surface area contributed by atoms with Crippen LogP contribution in [0.1, 0.15) is 5.82 Å². The summed E-state index contributed by atoms with van der Waals surface area (Å²) in [4.78, 5) is 14.3. The molecule has 0 atom stereocenters. The fourth-order valence-electron chi connectivity index (χ4n) is 1.66. The molecule has 0 radical (unpaired) electrons. The van der Waals surface area contributed by atoms with E-state index < -0.39 is 4.92 Å². The highest BCUT2D eigenvalue weighted by Crippen LogP contribution is 2.22. The number of aromatic nitrogens is 3. The summed E-state index contributed by atoms with van der Waals surface area (Å²) < 4.78 is 1.63. The maximum absolute atomic E-state index is 10.7. The molecule has 0 saturated carbocycles. The van der Waals surface area contributed by atoms with Gasteiger partial charge in [-0.25, -0.2) is 4.98 Å². The van der Waals surface area contributed by atoms with Crippen LogP contribution in [-0.4, -0.2) is 26.2 Å². The van der Waals surface area contributed by atoms with Gasteiger partial charge in [0, 0.05) is 43.5 Å². The molecule has 0 spiro atoms. The normalized spacial score (nSPS) is 10.4. The average molecular weight is 262 g/mol. The zero-order valence-electron chi connectivity index (χ0n) is 10.4. The number of rotatable bonds is 5. The fraction of sp³-hybridized carbons (Fsp3) is 0.273. The minimum atomic E-state index is -0.470. The van der Waals surface area contributed by atoms with Crippen molar-refractivity contribution in [2.75, 3.05) is 17.6 Å². The number of anilines is 2. The molecule has 1 aromatic carbocycles. The standard InChI is InChI=1S/C11H14N6O2/c1-16-7-14-11(15-16)2-3-13-9-4-8(12)5-10(6-9)17(18)19/h4-7,13H,2-3,12H2,1H3. The Balaban J connectivity index is 1.97. The molecule has 8 nitrogen and oxygen atoms in total. The van der Waals surface area contributed by atoms with Gasteiger partial charge in [-0.1, -0.05) is 0 Å². The Morgan fingerprint density at radius 1 is 1.47 bits per heavy atom. The summed E-state index contributed by atoms with van der Waals surface area (Å²) in [6, 6.07) is 4.42. The molecule has 0 bridgehead atoms. The Hall–Kier alpha value is -2.64. The van der Waals surface area contributed by atoms with Gasteiger partial charge in [0.15, 0.2) is 5.82 Å². The van der Waals surface area contributed by atoms with Crippen molar-refractivity contribution in [2.24, 2.45) is 7.05 Å². The van der Waals surface area contributed by atoms with Crippen molar-refractivity contribution in [2.45, 2.75) is 6.42 Å². The van der Waals surface area contributed by atoms with Crippen molar-refractivity contribution in [1.82, 2.24) is 14.8 Å². The SMILES string of the molecule is Cn1cnc(CCNc2cc(N)cc([N+](=O)[O-])c2)n1. The minimum Gasteiger partial charge on any atom is -0.398 e. The molecule has 2 aromatic rings. The van der Waals surface area contributed by atoms with Crippen LogP contribution in [0.15, 0.2) is 24.5 Å². The number of hydrogen-bond acceptors (Lipinski definition) is 6. The molecular weight excluding hydrogens is 248 g/mol. The van der Waals surface area contributed by atoms with Gasteiger partial charge in [-0.3, -0.25) is 14.8 Å². The third-order valence-corrected chi connectivity index (χ3v) is 2.48. The molecule has 3 N–H and O–H groups in total. The third kappa shape index (κ3) is 3.41. The fourth-order valence-corrected chi connectivity index (χ4v) is 1.66. The topological polar surface area (TPSA) is 112 Å². The lowest BCUT2D eigenvalue weighted by molar-refractivity contribution is -0.384. The first-order valence-corrected chi connectivity index (χ1v) is 5.68. The number of aryl methyl sites for hydroxylation is 1. The lowest BCUT2D eigenvalue weighted by Gasteiger charge is -2.05. The third-order valence-electron chi connectivity index (χ3n) is 2.48. The number of non-ortho nitro benzene ring substituents is 1. The van der Waals surface area contributed by atoms with Crippen molar-refractivity contribution in [1.29, 1.82) is 0 Å². The predicted octanol–water partition coefficient (Wildman–Crippen LogP) is 0.960. The molecule has 0 aliphatic heterocycles. The Kier molecular flexibility index (Phi) is 3.60. The summed E-state index contributed by atoms with van der Waals surface area (Å²) in [5.41, 5.74) is 6.55. The summed E-state index contributed by atoms with van der Waals surface area (Å²) in [5.74, 6) is 0.716. The van der Waals surface area contributed by atoms with Crippen LogP contribution in [0.3, 0.4) is 0 Å². The van der Waals surface area contributed by atoms with Crippen LogP contribution in [-0.2, 0) is 13.5 Å². The average Bonchev–Trinajstić information content (AvgIpc) is 2.74. The van der Waals surface area contributed by atoms with E-state index in [0.717, 1.165) is 0 Å². The van der Waals surface area contributed by atoms with Crippen LogP contribution in [0, 0.1) is 10.1 Å².